The van der Waals surface area contributed by atoms with E-state index in [1.807, 2.05) is 12.1 Å². The Labute approximate surface area is 168 Å². The Morgan fingerprint density at radius 2 is 1.83 bits per heavy atom. The number of aromatic nitrogens is 1. The molecule has 2 aliphatic heterocycles. The molecular weight excluding hydrogens is 366 g/mol. The van der Waals surface area contributed by atoms with Crippen LogP contribution in [0, 0.1) is 0 Å². The molecule has 1 atom stereocenters. The van der Waals surface area contributed by atoms with E-state index in [1.54, 1.807) is 24.3 Å². The number of amides is 2. The lowest BCUT2D eigenvalue weighted by Crippen LogP contribution is -2.44. The topological polar surface area (TPSA) is 73.5 Å². The zero-order valence-corrected chi connectivity index (χ0v) is 16.1. The molecule has 0 spiro atoms. The van der Waals surface area contributed by atoms with Crippen LogP contribution < -0.4 is 4.90 Å². The summed E-state index contributed by atoms with van der Waals surface area (Å²) in [5, 5.41) is 1.24. The third-order valence-corrected chi connectivity index (χ3v) is 6.01. The Bertz CT molecular complexity index is 1150. The van der Waals surface area contributed by atoms with Gasteiger partial charge in [-0.1, -0.05) is 18.2 Å². The molecule has 0 bridgehead atoms. The molecule has 1 saturated heterocycles. The molecule has 5 rings (SSSR count). The molecule has 3 aromatic rings. The van der Waals surface area contributed by atoms with E-state index in [0.717, 1.165) is 24.2 Å². The molecule has 29 heavy (non-hydrogen) atoms. The van der Waals surface area contributed by atoms with Gasteiger partial charge in [-0.2, -0.15) is 0 Å². The Morgan fingerprint density at radius 3 is 2.59 bits per heavy atom. The highest BCUT2D eigenvalue weighted by molar-refractivity contribution is 6.22. The van der Waals surface area contributed by atoms with E-state index < -0.39 is 6.04 Å². The summed E-state index contributed by atoms with van der Waals surface area (Å²) < 4.78 is 0. The van der Waals surface area contributed by atoms with Crippen molar-refractivity contribution >= 4 is 34.2 Å². The third-order valence-electron chi connectivity index (χ3n) is 6.01. The lowest BCUT2D eigenvalue weighted by molar-refractivity contribution is -0.123. The molecule has 1 fully saturated rings. The molecule has 6 nitrogen and oxygen atoms in total. The van der Waals surface area contributed by atoms with Crippen LogP contribution in [0.5, 0.6) is 0 Å². The zero-order valence-electron chi connectivity index (χ0n) is 16.1. The minimum atomic E-state index is -0.449. The molecule has 6 heteroatoms. The summed E-state index contributed by atoms with van der Waals surface area (Å²) in [6.07, 6.45) is 1.04. The molecule has 0 radical (unpaired) electrons. The number of rotatable bonds is 3. The van der Waals surface area contributed by atoms with Gasteiger partial charge in [0.1, 0.15) is 0 Å². The highest BCUT2D eigenvalue weighted by Crippen LogP contribution is 2.32. The number of ketones is 1. The quantitative estimate of drug-likeness (QED) is 0.554. The number of fused-ring (bicyclic) bond motifs is 3. The second kappa shape index (κ2) is 6.67. The first-order valence-corrected chi connectivity index (χ1v) is 9.83. The highest BCUT2D eigenvalue weighted by Gasteiger charge is 2.43. The van der Waals surface area contributed by atoms with Crippen molar-refractivity contribution in [2.75, 3.05) is 11.4 Å². The molecule has 2 aromatic carbocycles. The van der Waals surface area contributed by atoms with Crippen molar-refractivity contribution in [1.29, 1.82) is 0 Å². The van der Waals surface area contributed by atoms with Crippen LogP contribution in [0.15, 0.2) is 48.5 Å². The number of nitrogens with one attached hydrogen (secondary N) is 1. The Balaban J connectivity index is 1.39. The first-order valence-electron chi connectivity index (χ1n) is 9.83. The molecule has 0 unspecified atom stereocenters. The number of para-hydroxylation sites is 1. The normalized spacial score (nSPS) is 19.8. The second-order valence-electron chi connectivity index (χ2n) is 7.74. The molecule has 1 N–H and O–H groups in total. The fourth-order valence-electron chi connectivity index (χ4n) is 4.50. The minimum absolute atomic E-state index is 0.0454. The van der Waals surface area contributed by atoms with Crippen LogP contribution >= 0.6 is 0 Å². The van der Waals surface area contributed by atoms with E-state index >= 15 is 0 Å². The number of carbonyl (C=O) groups is 3. The SMILES string of the molecule is CC(=O)c1ccc(N2C(=O)C[C@@H](N3CCc4c([nH]c5ccccc45)C3)C2=O)cc1. The van der Waals surface area contributed by atoms with Crippen molar-refractivity contribution in [1.82, 2.24) is 9.88 Å². The van der Waals surface area contributed by atoms with Crippen LogP contribution in [0.3, 0.4) is 0 Å². The van der Waals surface area contributed by atoms with Gasteiger partial charge in [0.15, 0.2) is 5.78 Å². The van der Waals surface area contributed by atoms with Gasteiger partial charge in [0.25, 0.3) is 5.91 Å². The van der Waals surface area contributed by atoms with Gasteiger partial charge in [-0.25, -0.2) is 4.90 Å². The molecule has 2 amide bonds. The van der Waals surface area contributed by atoms with Crippen LogP contribution in [0.4, 0.5) is 5.69 Å². The number of aromatic amines is 1. The predicted molar refractivity (Wildman–Crippen MR) is 110 cm³/mol. The fourth-order valence-corrected chi connectivity index (χ4v) is 4.50. The summed E-state index contributed by atoms with van der Waals surface area (Å²) in [5.41, 5.74) is 4.63. The second-order valence-corrected chi connectivity index (χ2v) is 7.74. The van der Waals surface area contributed by atoms with Crippen LogP contribution in [0.1, 0.15) is 35.0 Å². The highest BCUT2D eigenvalue weighted by atomic mass is 16.2. The van der Waals surface area contributed by atoms with E-state index in [2.05, 4.69) is 22.0 Å². The smallest absolute Gasteiger partial charge is 0.251 e. The Hall–Kier alpha value is -3.25. The summed E-state index contributed by atoms with van der Waals surface area (Å²) in [7, 11) is 0. The lowest BCUT2D eigenvalue weighted by Gasteiger charge is -2.30. The minimum Gasteiger partial charge on any atom is -0.357 e. The monoisotopic (exact) mass is 387 g/mol. The summed E-state index contributed by atoms with van der Waals surface area (Å²) in [4.78, 5) is 44.1. The number of nitrogens with zero attached hydrogens (tertiary/aromatic N) is 2. The number of hydrogen-bond acceptors (Lipinski definition) is 4. The summed E-state index contributed by atoms with van der Waals surface area (Å²) in [5.74, 6) is -0.431. The number of anilines is 1. The summed E-state index contributed by atoms with van der Waals surface area (Å²) in [6, 6.07) is 14.4. The van der Waals surface area contributed by atoms with Gasteiger partial charge >= 0.3 is 0 Å². The van der Waals surface area contributed by atoms with Gasteiger partial charge in [-0.3, -0.25) is 19.3 Å². The lowest BCUT2D eigenvalue weighted by atomic mass is 10.0. The molecule has 146 valence electrons. The van der Waals surface area contributed by atoms with Crippen molar-refractivity contribution in [3.63, 3.8) is 0 Å². The van der Waals surface area contributed by atoms with Crippen LogP contribution in [-0.4, -0.2) is 40.1 Å². The van der Waals surface area contributed by atoms with Crippen molar-refractivity contribution < 1.29 is 14.4 Å². The fraction of sp³-hybridized carbons (Fsp3) is 0.261. The van der Waals surface area contributed by atoms with Crippen LogP contribution in [0.25, 0.3) is 10.9 Å². The van der Waals surface area contributed by atoms with E-state index in [4.69, 9.17) is 0 Å². The van der Waals surface area contributed by atoms with Gasteiger partial charge in [0, 0.05) is 35.2 Å². The molecular formula is C23H21N3O3. The maximum Gasteiger partial charge on any atom is 0.251 e. The first kappa shape index (κ1) is 17.8. The Morgan fingerprint density at radius 1 is 1.07 bits per heavy atom. The summed E-state index contributed by atoms with van der Waals surface area (Å²) in [6.45, 7) is 2.87. The van der Waals surface area contributed by atoms with Crippen molar-refractivity contribution in [2.24, 2.45) is 0 Å². The van der Waals surface area contributed by atoms with Gasteiger partial charge < -0.3 is 4.98 Å². The molecule has 0 aliphatic carbocycles. The number of carbonyl (C=O) groups excluding carboxylic acids is 3. The molecule has 0 saturated carbocycles. The Kier molecular flexibility index (Phi) is 4.10. The van der Waals surface area contributed by atoms with Crippen molar-refractivity contribution in [3.8, 4) is 0 Å². The van der Waals surface area contributed by atoms with E-state index in [1.165, 1.54) is 22.8 Å². The number of imide groups is 1. The van der Waals surface area contributed by atoms with Crippen molar-refractivity contribution in [2.45, 2.75) is 32.4 Å². The van der Waals surface area contributed by atoms with E-state index in [9.17, 15) is 14.4 Å². The number of Topliss-reactive ketones (excluding diaryl/α,β-unsaturated/α-hetero) is 1. The van der Waals surface area contributed by atoms with Crippen LogP contribution in [0.2, 0.25) is 0 Å². The average molecular weight is 387 g/mol. The van der Waals surface area contributed by atoms with Gasteiger partial charge in [-0.15, -0.1) is 0 Å². The zero-order chi connectivity index (χ0) is 20.1. The number of benzene rings is 2. The standard InChI is InChI=1S/C23H21N3O3/c1-14(27)15-6-8-16(9-7-15)26-22(28)12-21(23(26)29)25-11-10-18-17-4-2-3-5-19(17)24-20(18)13-25/h2-9,21,24H,10-13H2,1H3/t21-/m1/s1. The molecule has 2 aliphatic rings. The van der Waals surface area contributed by atoms with Crippen molar-refractivity contribution in [3.05, 3.63) is 65.4 Å². The number of H-pyrrole nitrogens is 1. The van der Waals surface area contributed by atoms with Gasteiger partial charge in [-0.05, 0) is 49.2 Å². The maximum atomic E-state index is 13.1. The summed E-state index contributed by atoms with van der Waals surface area (Å²) >= 11 is 0. The predicted octanol–water partition coefficient (Wildman–Crippen LogP) is 3.06. The largest absolute Gasteiger partial charge is 0.357 e. The van der Waals surface area contributed by atoms with Gasteiger partial charge in [0.2, 0.25) is 5.91 Å². The molecule has 3 heterocycles. The third kappa shape index (κ3) is 2.87. The number of hydrogen-bond donors (Lipinski definition) is 1. The average Bonchev–Trinajstić information content (AvgIpc) is 3.24. The first-order chi connectivity index (χ1) is 14.0. The van der Waals surface area contributed by atoms with Crippen LogP contribution in [-0.2, 0) is 22.6 Å². The maximum absolute atomic E-state index is 13.1. The van der Waals surface area contributed by atoms with Gasteiger partial charge in [0.05, 0.1) is 18.2 Å². The van der Waals surface area contributed by atoms with E-state index in [-0.39, 0.29) is 24.0 Å². The molecule has 1 aromatic heterocycles. The van der Waals surface area contributed by atoms with E-state index in [0.29, 0.717) is 17.8 Å².